The van der Waals surface area contributed by atoms with E-state index in [0.717, 1.165) is 5.75 Å². The highest BCUT2D eigenvalue weighted by Crippen LogP contribution is 2.10. The maximum atomic E-state index is 11.7. The van der Waals surface area contributed by atoms with Crippen molar-refractivity contribution in [1.82, 2.24) is 5.32 Å². The number of para-hydroxylation sites is 1. The van der Waals surface area contributed by atoms with E-state index in [1.54, 1.807) is 0 Å². The average Bonchev–Trinajstić information content (AvgIpc) is 2.36. The molecular weight excluding hydrogens is 240 g/mol. The molecule has 0 heterocycles. The minimum absolute atomic E-state index is 0.0856. The van der Waals surface area contributed by atoms with Crippen molar-refractivity contribution in [1.29, 1.82) is 0 Å². The fraction of sp³-hybridized carbons (Fsp3) is 0.533. The van der Waals surface area contributed by atoms with Crippen LogP contribution in [0, 0.1) is 5.92 Å². The summed E-state index contributed by atoms with van der Waals surface area (Å²) in [5.41, 5.74) is 5.80. The topological polar surface area (TPSA) is 64.4 Å². The van der Waals surface area contributed by atoms with Crippen LogP contribution in [0.4, 0.5) is 0 Å². The quantitative estimate of drug-likeness (QED) is 0.791. The Morgan fingerprint density at radius 3 is 2.47 bits per heavy atom. The molecule has 0 saturated carbocycles. The Morgan fingerprint density at radius 2 is 1.89 bits per heavy atom. The number of ether oxygens (including phenoxy) is 1. The van der Waals surface area contributed by atoms with E-state index in [4.69, 9.17) is 10.5 Å². The van der Waals surface area contributed by atoms with Crippen LogP contribution in [0.25, 0.3) is 0 Å². The molecule has 1 amide bonds. The maximum Gasteiger partial charge on any atom is 0.237 e. The third kappa shape index (κ3) is 6.25. The molecule has 0 fully saturated rings. The van der Waals surface area contributed by atoms with E-state index in [1.165, 1.54) is 0 Å². The molecular formula is C15H24N2O2. The number of rotatable bonds is 7. The molecule has 4 heteroatoms. The fourth-order valence-corrected chi connectivity index (χ4v) is 1.76. The average molecular weight is 264 g/mol. The summed E-state index contributed by atoms with van der Waals surface area (Å²) in [5, 5.41) is 2.82. The Bertz CT molecular complexity index is 379. The second kappa shape index (κ2) is 7.79. The van der Waals surface area contributed by atoms with Crippen molar-refractivity contribution in [3.05, 3.63) is 30.3 Å². The molecule has 0 saturated heterocycles. The Balaban J connectivity index is 2.30. The van der Waals surface area contributed by atoms with Crippen molar-refractivity contribution in [2.45, 2.75) is 39.3 Å². The Labute approximate surface area is 115 Å². The second-order valence-corrected chi connectivity index (χ2v) is 5.22. The van der Waals surface area contributed by atoms with Crippen LogP contribution in [-0.4, -0.2) is 24.6 Å². The minimum atomic E-state index is -0.441. The Hall–Kier alpha value is -1.55. The normalized spacial score (nSPS) is 13.9. The van der Waals surface area contributed by atoms with Gasteiger partial charge in [0, 0.05) is 0 Å². The van der Waals surface area contributed by atoms with E-state index < -0.39 is 6.04 Å². The first kappa shape index (κ1) is 15.5. The van der Waals surface area contributed by atoms with Crippen molar-refractivity contribution >= 4 is 5.91 Å². The maximum absolute atomic E-state index is 11.7. The molecule has 0 aliphatic heterocycles. The van der Waals surface area contributed by atoms with Gasteiger partial charge >= 0.3 is 0 Å². The summed E-state index contributed by atoms with van der Waals surface area (Å²) >= 11 is 0. The van der Waals surface area contributed by atoms with E-state index in [-0.39, 0.29) is 12.0 Å². The van der Waals surface area contributed by atoms with Gasteiger partial charge in [-0.25, -0.2) is 0 Å². The number of amides is 1. The summed E-state index contributed by atoms with van der Waals surface area (Å²) in [6.07, 6.45) is 0.609. The van der Waals surface area contributed by atoms with Gasteiger partial charge in [-0.15, -0.1) is 0 Å². The van der Waals surface area contributed by atoms with E-state index in [1.807, 2.05) is 51.1 Å². The summed E-state index contributed by atoms with van der Waals surface area (Å²) in [5.74, 6) is 1.10. The highest BCUT2D eigenvalue weighted by Gasteiger charge is 2.15. The number of nitrogens with two attached hydrogens (primary N) is 1. The van der Waals surface area contributed by atoms with Crippen LogP contribution in [0.1, 0.15) is 27.2 Å². The zero-order chi connectivity index (χ0) is 14.3. The summed E-state index contributed by atoms with van der Waals surface area (Å²) in [6, 6.07) is 9.11. The van der Waals surface area contributed by atoms with Crippen molar-refractivity contribution in [3.8, 4) is 5.75 Å². The number of nitrogens with one attached hydrogen (secondary N) is 1. The second-order valence-electron chi connectivity index (χ2n) is 5.22. The van der Waals surface area contributed by atoms with Gasteiger partial charge in [0.25, 0.3) is 0 Å². The fourth-order valence-electron chi connectivity index (χ4n) is 1.76. The first-order chi connectivity index (χ1) is 8.99. The summed E-state index contributed by atoms with van der Waals surface area (Å²) < 4.78 is 5.67. The van der Waals surface area contributed by atoms with E-state index >= 15 is 0 Å². The predicted octanol–water partition coefficient (Wildman–Crippen LogP) is 1.94. The summed E-state index contributed by atoms with van der Waals surface area (Å²) in [6.45, 7) is 6.48. The molecule has 0 aromatic heterocycles. The molecule has 0 aliphatic carbocycles. The Kier molecular flexibility index (Phi) is 6.36. The largest absolute Gasteiger partial charge is 0.489 e. The van der Waals surface area contributed by atoms with Gasteiger partial charge < -0.3 is 15.8 Å². The van der Waals surface area contributed by atoms with Gasteiger partial charge in [-0.1, -0.05) is 32.0 Å². The zero-order valence-electron chi connectivity index (χ0n) is 11.9. The lowest BCUT2D eigenvalue weighted by molar-refractivity contribution is -0.123. The molecule has 106 valence electrons. The standard InChI is InChI=1S/C15H24N2O2/c1-11(2)9-14(16)15(18)17-10-12(3)19-13-7-5-4-6-8-13/h4-8,11-12,14H,9-10,16H2,1-3H3,(H,17,18)/t12?,14-/m0/s1. The van der Waals surface area contributed by atoms with Crippen molar-refractivity contribution < 1.29 is 9.53 Å². The lowest BCUT2D eigenvalue weighted by Crippen LogP contribution is -2.44. The van der Waals surface area contributed by atoms with Gasteiger partial charge in [-0.2, -0.15) is 0 Å². The summed E-state index contributed by atoms with van der Waals surface area (Å²) in [7, 11) is 0. The minimum Gasteiger partial charge on any atom is -0.489 e. The van der Waals surface area contributed by atoms with Crippen LogP contribution in [0.5, 0.6) is 5.75 Å². The lowest BCUT2D eigenvalue weighted by Gasteiger charge is -2.18. The molecule has 19 heavy (non-hydrogen) atoms. The van der Waals surface area contributed by atoms with Crippen molar-refractivity contribution in [2.75, 3.05) is 6.54 Å². The number of hydrogen-bond acceptors (Lipinski definition) is 3. The van der Waals surface area contributed by atoms with Gasteiger partial charge in [0.1, 0.15) is 11.9 Å². The van der Waals surface area contributed by atoms with E-state index in [0.29, 0.717) is 18.9 Å². The molecule has 0 radical (unpaired) electrons. The molecule has 0 aliphatic rings. The van der Waals surface area contributed by atoms with Crippen LogP contribution in [-0.2, 0) is 4.79 Å². The smallest absolute Gasteiger partial charge is 0.237 e. The lowest BCUT2D eigenvalue weighted by atomic mass is 10.0. The third-order valence-corrected chi connectivity index (χ3v) is 2.71. The molecule has 2 atom stereocenters. The number of carbonyl (C=O) groups excluding carboxylic acids is 1. The number of carbonyl (C=O) groups is 1. The van der Waals surface area contributed by atoms with Gasteiger partial charge in [0.2, 0.25) is 5.91 Å². The third-order valence-electron chi connectivity index (χ3n) is 2.71. The SMILES string of the molecule is CC(C)C[C@H](N)C(=O)NCC(C)Oc1ccccc1. The van der Waals surface area contributed by atoms with E-state index in [2.05, 4.69) is 5.32 Å². The van der Waals surface area contributed by atoms with Gasteiger partial charge in [0.15, 0.2) is 0 Å². The zero-order valence-corrected chi connectivity index (χ0v) is 11.9. The monoisotopic (exact) mass is 264 g/mol. The molecule has 1 aromatic rings. The Morgan fingerprint density at radius 1 is 1.26 bits per heavy atom. The molecule has 0 spiro atoms. The first-order valence-electron chi connectivity index (χ1n) is 6.74. The van der Waals surface area contributed by atoms with Gasteiger partial charge in [0.05, 0.1) is 12.6 Å². The molecule has 1 unspecified atom stereocenters. The molecule has 0 bridgehead atoms. The first-order valence-corrected chi connectivity index (χ1v) is 6.74. The molecule has 4 nitrogen and oxygen atoms in total. The summed E-state index contributed by atoms with van der Waals surface area (Å²) in [4.78, 5) is 11.7. The molecule has 1 aromatic carbocycles. The van der Waals surface area contributed by atoms with Crippen molar-refractivity contribution in [2.24, 2.45) is 11.7 Å². The van der Waals surface area contributed by atoms with Crippen molar-refractivity contribution in [3.63, 3.8) is 0 Å². The number of hydrogen-bond donors (Lipinski definition) is 2. The van der Waals surface area contributed by atoms with Crippen LogP contribution in [0.2, 0.25) is 0 Å². The molecule has 3 N–H and O–H groups in total. The van der Waals surface area contributed by atoms with Crippen LogP contribution in [0.3, 0.4) is 0 Å². The van der Waals surface area contributed by atoms with Gasteiger partial charge in [-0.3, -0.25) is 4.79 Å². The predicted molar refractivity (Wildman–Crippen MR) is 77.0 cm³/mol. The van der Waals surface area contributed by atoms with Crippen LogP contribution < -0.4 is 15.8 Å². The number of benzene rings is 1. The van der Waals surface area contributed by atoms with E-state index in [9.17, 15) is 4.79 Å². The van der Waals surface area contributed by atoms with Crippen LogP contribution >= 0.6 is 0 Å². The molecule has 1 rings (SSSR count). The highest BCUT2D eigenvalue weighted by atomic mass is 16.5. The van der Waals surface area contributed by atoms with Crippen LogP contribution in [0.15, 0.2) is 30.3 Å². The highest BCUT2D eigenvalue weighted by molar-refractivity contribution is 5.81. The van der Waals surface area contributed by atoms with Gasteiger partial charge in [-0.05, 0) is 31.4 Å².